The van der Waals surface area contributed by atoms with E-state index >= 15 is 0 Å². The van der Waals surface area contributed by atoms with Crippen LogP contribution in [-0.2, 0) is 6.54 Å². The Labute approximate surface area is 132 Å². The van der Waals surface area contributed by atoms with Crippen LogP contribution in [0.1, 0.15) is 38.1 Å². The maximum Gasteiger partial charge on any atom is 0.317 e. The summed E-state index contributed by atoms with van der Waals surface area (Å²) in [5.41, 5.74) is 0.911. The topological polar surface area (TPSA) is 61.6 Å². The number of hydrogen-bond acceptors (Lipinski definition) is 4. The Morgan fingerprint density at radius 3 is 2.68 bits per heavy atom. The van der Waals surface area contributed by atoms with Gasteiger partial charge in [0.2, 0.25) is 0 Å². The average molecular weight is 308 g/mol. The van der Waals surface area contributed by atoms with Gasteiger partial charge in [0.05, 0.1) is 12.2 Å². The summed E-state index contributed by atoms with van der Waals surface area (Å²) in [5.74, 6) is 1.59. The van der Waals surface area contributed by atoms with E-state index in [1.54, 1.807) is 0 Å². The van der Waals surface area contributed by atoms with Crippen LogP contribution in [0.15, 0.2) is 10.6 Å². The van der Waals surface area contributed by atoms with Crippen LogP contribution in [0.3, 0.4) is 0 Å². The number of urea groups is 1. The first-order valence-corrected chi connectivity index (χ1v) is 8.22. The maximum atomic E-state index is 12.1. The summed E-state index contributed by atoms with van der Waals surface area (Å²) in [4.78, 5) is 16.3. The van der Waals surface area contributed by atoms with Crippen LogP contribution >= 0.6 is 0 Å². The number of amides is 2. The molecule has 1 fully saturated rings. The van der Waals surface area contributed by atoms with Gasteiger partial charge in [0.1, 0.15) is 0 Å². The van der Waals surface area contributed by atoms with Crippen LogP contribution < -0.4 is 5.32 Å². The fourth-order valence-corrected chi connectivity index (χ4v) is 2.64. The van der Waals surface area contributed by atoms with Gasteiger partial charge in [0, 0.05) is 38.8 Å². The molecule has 124 valence electrons. The molecule has 1 aliphatic heterocycles. The minimum Gasteiger partial charge on any atom is -0.360 e. The number of aromatic nitrogens is 1. The third-order valence-corrected chi connectivity index (χ3v) is 3.95. The smallest absolute Gasteiger partial charge is 0.317 e. The zero-order valence-electron chi connectivity index (χ0n) is 14.0. The molecule has 0 aromatic carbocycles. The Morgan fingerprint density at radius 2 is 2.09 bits per heavy atom. The van der Waals surface area contributed by atoms with Crippen molar-refractivity contribution in [2.24, 2.45) is 5.92 Å². The van der Waals surface area contributed by atoms with Crippen molar-refractivity contribution in [2.75, 3.05) is 32.7 Å². The first kappa shape index (κ1) is 16.8. The van der Waals surface area contributed by atoms with Gasteiger partial charge in [0.25, 0.3) is 0 Å². The van der Waals surface area contributed by atoms with Gasteiger partial charge in [0.15, 0.2) is 5.76 Å². The molecule has 0 unspecified atom stereocenters. The first-order chi connectivity index (χ1) is 10.5. The molecule has 1 saturated heterocycles. The molecule has 0 spiro atoms. The molecule has 0 atom stereocenters. The Balaban J connectivity index is 1.64. The fourth-order valence-electron chi connectivity index (χ4n) is 2.64. The van der Waals surface area contributed by atoms with Crippen LogP contribution in [-0.4, -0.2) is 53.7 Å². The van der Waals surface area contributed by atoms with E-state index in [9.17, 15) is 4.79 Å². The second-order valence-electron chi connectivity index (χ2n) is 6.47. The first-order valence-electron chi connectivity index (χ1n) is 8.22. The van der Waals surface area contributed by atoms with Gasteiger partial charge in [-0.25, -0.2) is 4.79 Å². The Morgan fingerprint density at radius 1 is 1.36 bits per heavy atom. The monoisotopic (exact) mass is 308 g/mol. The standard InChI is InChI=1S/C16H28N4O2/c1-13(2)5-4-6-17-16(21)20-9-7-19(8-10-20)12-15-11-14(3)18-22-15/h11,13H,4-10,12H2,1-3H3,(H,17,21). The van der Waals surface area contributed by atoms with Crippen molar-refractivity contribution in [3.05, 3.63) is 17.5 Å². The molecule has 1 aromatic rings. The lowest BCUT2D eigenvalue weighted by molar-refractivity contribution is 0.128. The highest BCUT2D eigenvalue weighted by molar-refractivity contribution is 5.74. The van der Waals surface area contributed by atoms with Gasteiger partial charge in [-0.15, -0.1) is 0 Å². The highest BCUT2D eigenvalue weighted by atomic mass is 16.5. The number of aryl methyl sites for hydroxylation is 1. The van der Waals surface area contributed by atoms with Gasteiger partial charge in [-0.2, -0.15) is 0 Å². The van der Waals surface area contributed by atoms with Crippen molar-refractivity contribution >= 4 is 6.03 Å². The number of carbonyl (C=O) groups excluding carboxylic acids is 1. The number of piperazine rings is 1. The van der Waals surface area contributed by atoms with E-state index in [0.29, 0.717) is 5.92 Å². The number of carbonyl (C=O) groups is 1. The lowest BCUT2D eigenvalue weighted by Crippen LogP contribution is -2.51. The van der Waals surface area contributed by atoms with Crippen LogP contribution in [0, 0.1) is 12.8 Å². The average Bonchev–Trinajstić information content (AvgIpc) is 2.89. The van der Waals surface area contributed by atoms with Crippen LogP contribution in [0.4, 0.5) is 4.79 Å². The van der Waals surface area contributed by atoms with Crippen molar-refractivity contribution in [3.63, 3.8) is 0 Å². The normalized spacial score (nSPS) is 16.3. The quantitative estimate of drug-likeness (QED) is 0.819. The molecular formula is C16H28N4O2. The molecule has 22 heavy (non-hydrogen) atoms. The van der Waals surface area contributed by atoms with E-state index in [2.05, 4.69) is 29.2 Å². The third kappa shape index (κ3) is 5.33. The summed E-state index contributed by atoms with van der Waals surface area (Å²) in [7, 11) is 0. The van der Waals surface area contributed by atoms with Gasteiger partial charge in [-0.1, -0.05) is 19.0 Å². The zero-order chi connectivity index (χ0) is 15.9. The predicted octanol–water partition coefficient (Wildman–Crippen LogP) is 2.25. The van der Waals surface area contributed by atoms with Gasteiger partial charge >= 0.3 is 6.03 Å². The van der Waals surface area contributed by atoms with Crippen LogP contribution in [0.5, 0.6) is 0 Å². The van der Waals surface area contributed by atoms with E-state index in [1.807, 2.05) is 17.9 Å². The highest BCUT2D eigenvalue weighted by Gasteiger charge is 2.21. The van der Waals surface area contributed by atoms with E-state index in [-0.39, 0.29) is 6.03 Å². The Hall–Kier alpha value is -1.56. The molecule has 6 heteroatoms. The van der Waals surface area contributed by atoms with E-state index in [1.165, 1.54) is 0 Å². The number of nitrogens with zero attached hydrogens (tertiary/aromatic N) is 3. The summed E-state index contributed by atoms with van der Waals surface area (Å²) in [6.07, 6.45) is 2.21. The molecule has 0 radical (unpaired) electrons. The van der Waals surface area contributed by atoms with Gasteiger partial charge in [-0.3, -0.25) is 4.90 Å². The third-order valence-electron chi connectivity index (χ3n) is 3.95. The molecule has 2 amide bonds. The van der Waals surface area contributed by atoms with Gasteiger partial charge < -0.3 is 14.7 Å². The van der Waals surface area contributed by atoms with Gasteiger partial charge in [-0.05, 0) is 25.7 Å². The largest absolute Gasteiger partial charge is 0.360 e. The molecule has 6 nitrogen and oxygen atoms in total. The molecule has 0 bridgehead atoms. The minimum absolute atomic E-state index is 0.0684. The molecule has 2 heterocycles. The Kier molecular flexibility index (Phi) is 6.24. The zero-order valence-corrected chi connectivity index (χ0v) is 14.0. The molecule has 1 N–H and O–H groups in total. The van der Waals surface area contributed by atoms with Crippen LogP contribution in [0.25, 0.3) is 0 Å². The summed E-state index contributed by atoms with van der Waals surface area (Å²) in [6, 6.07) is 2.03. The summed E-state index contributed by atoms with van der Waals surface area (Å²) in [5, 5.41) is 6.92. The molecule has 0 aliphatic carbocycles. The van der Waals surface area contributed by atoms with Crippen molar-refractivity contribution in [3.8, 4) is 0 Å². The lowest BCUT2D eigenvalue weighted by Gasteiger charge is -2.34. The van der Waals surface area contributed by atoms with Crippen molar-refractivity contribution in [1.29, 1.82) is 0 Å². The van der Waals surface area contributed by atoms with E-state index < -0.39 is 0 Å². The van der Waals surface area contributed by atoms with Crippen molar-refractivity contribution in [1.82, 2.24) is 20.3 Å². The second kappa shape index (κ2) is 8.17. The number of nitrogens with one attached hydrogen (secondary N) is 1. The van der Waals surface area contributed by atoms with Crippen molar-refractivity contribution in [2.45, 2.75) is 40.2 Å². The summed E-state index contributed by atoms with van der Waals surface area (Å²) < 4.78 is 5.24. The summed E-state index contributed by atoms with van der Waals surface area (Å²) >= 11 is 0. The maximum absolute atomic E-state index is 12.1. The van der Waals surface area contributed by atoms with E-state index in [0.717, 1.165) is 63.6 Å². The van der Waals surface area contributed by atoms with E-state index in [4.69, 9.17) is 4.52 Å². The lowest BCUT2D eigenvalue weighted by atomic mass is 10.1. The molecular weight excluding hydrogens is 280 g/mol. The predicted molar refractivity (Wildman–Crippen MR) is 85.6 cm³/mol. The molecule has 0 saturated carbocycles. The van der Waals surface area contributed by atoms with Crippen molar-refractivity contribution < 1.29 is 9.32 Å². The SMILES string of the molecule is Cc1cc(CN2CCN(C(=O)NCCCC(C)C)CC2)on1. The highest BCUT2D eigenvalue weighted by Crippen LogP contribution is 2.10. The van der Waals surface area contributed by atoms with Crippen LogP contribution in [0.2, 0.25) is 0 Å². The Bertz CT molecular complexity index is 464. The summed E-state index contributed by atoms with van der Waals surface area (Å²) in [6.45, 7) is 11.2. The second-order valence-corrected chi connectivity index (χ2v) is 6.47. The molecule has 2 rings (SSSR count). The number of hydrogen-bond donors (Lipinski definition) is 1. The molecule has 1 aliphatic rings. The number of rotatable bonds is 6. The molecule has 1 aromatic heterocycles. The fraction of sp³-hybridized carbons (Fsp3) is 0.750. The minimum atomic E-state index is 0.0684.